The summed E-state index contributed by atoms with van der Waals surface area (Å²) in [6.45, 7) is 8.88. The van der Waals surface area contributed by atoms with Gasteiger partial charge in [-0.15, -0.1) is 11.3 Å². The van der Waals surface area contributed by atoms with Crippen molar-refractivity contribution >= 4 is 27.3 Å². The minimum absolute atomic E-state index is 0.00865. The highest BCUT2D eigenvalue weighted by Crippen LogP contribution is 2.42. The van der Waals surface area contributed by atoms with Gasteiger partial charge in [-0.2, -0.15) is 0 Å². The zero-order valence-electron chi connectivity index (χ0n) is 19.6. The second-order valence-electron chi connectivity index (χ2n) is 9.45. The number of hydrogen-bond acceptors (Lipinski definition) is 5. The van der Waals surface area contributed by atoms with Crippen molar-refractivity contribution in [3.05, 3.63) is 47.3 Å². The van der Waals surface area contributed by atoms with E-state index in [1.54, 1.807) is 11.3 Å². The van der Waals surface area contributed by atoms with Crippen molar-refractivity contribution < 1.29 is 19.0 Å². The van der Waals surface area contributed by atoms with Gasteiger partial charge in [-0.05, 0) is 62.8 Å². The van der Waals surface area contributed by atoms with E-state index in [2.05, 4.69) is 55.6 Å². The van der Waals surface area contributed by atoms with E-state index in [9.17, 15) is 4.79 Å². The summed E-state index contributed by atoms with van der Waals surface area (Å²) in [4.78, 5) is 15.4. The van der Waals surface area contributed by atoms with Crippen LogP contribution in [0.5, 0.6) is 11.5 Å². The number of amides is 1. The van der Waals surface area contributed by atoms with E-state index in [0.29, 0.717) is 32.9 Å². The van der Waals surface area contributed by atoms with Crippen molar-refractivity contribution in [2.45, 2.75) is 45.8 Å². The van der Waals surface area contributed by atoms with Gasteiger partial charge in [0.25, 0.3) is 0 Å². The molecule has 0 saturated carbocycles. The maximum atomic E-state index is 13.5. The van der Waals surface area contributed by atoms with Crippen molar-refractivity contribution in [3.63, 3.8) is 0 Å². The van der Waals surface area contributed by atoms with Gasteiger partial charge in [0.15, 0.2) is 11.5 Å². The maximum Gasteiger partial charge on any atom is 0.226 e. The van der Waals surface area contributed by atoms with Gasteiger partial charge in [0.2, 0.25) is 5.91 Å². The fourth-order valence-electron chi connectivity index (χ4n) is 4.99. The van der Waals surface area contributed by atoms with Crippen LogP contribution in [0.1, 0.15) is 39.2 Å². The number of nitrogens with zero attached hydrogens (tertiary/aromatic N) is 1. The molecule has 6 heteroatoms. The molecule has 0 bridgehead atoms. The van der Waals surface area contributed by atoms with Crippen LogP contribution in [-0.4, -0.2) is 42.8 Å². The zero-order chi connectivity index (χ0) is 23.0. The first-order chi connectivity index (χ1) is 15.9. The van der Waals surface area contributed by atoms with E-state index in [0.717, 1.165) is 35.5 Å². The largest absolute Gasteiger partial charge is 0.490 e. The number of thiophene rings is 1. The van der Waals surface area contributed by atoms with Crippen LogP contribution in [0.4, 0.5) is 0 Å². The SMILES string of the molecule is CCOc1cc(-c2csc3ccccc23)cc2c1OCCN(C(=O)[C@@H]1CCOC(C)(C)C1)C2. The van der Waals surface area contributed by atoms with Crippen LogP contribution in [0.25, 0.3) is 21.2 Å². The molecule has 0 aliphatic carbocycles. The minimum atomic E-state index is -0.256. The summed E-state index contributed by atoms with van der Waals surface area (Å²) >= 11 is 1.75. The molecule has 0 spiro atoms. The molecule has 3 aromatic rings. The predicted molar refractivity (Wildman–Crippen MR) is 132 cm³/mol. The van der Waals surface area contributed by atoms with Crippen molar-refractivity contribution in [1.82, 2.24) is 4.90 Å². The molecule has 174 valence electrons. The summed E-state index contributed by atoms with van der Waals surface area (Å²) < 4.78 is 19.3. The Balaban J connectivity index is 1.50. The molecule has 2 aliphatic heterocycles. The smallest absolute Gasteiger partial charge is 0.226 e. The molecule has 2 aromatic carbocycles. The highest BCUT2D eigenvalue weighted by Gasteiger charge is 2.36. The minimum Gasteiger partial charge on any atom is -0.490 e. The topological polar surface area (TPSA) is 48.0 Å². The molecule has 1 amide bonds. The Hall–Kier alpha value is -2.57. The Labute approximate surface area is 199 Å². The summed E-state index contributed by atoms with van der Waals surface area (Å²) in [6.07, 6.45) is 1.53. The normalized spacial score (nSPS) is 20.1. The first-order valence-electron chi connectivity index (χ1n) is 11.8. The summed E-state index contributed by atoms with van der Waals surface area (Å²) in [7, 11) is 0. The molecule has 1 atom stereocenters. The van der Waals surface area contributed by atoms with Crippen LogP contribution < -0.4 is 9.47 Å². The number of carbonyl (C=O) groups is 1. The standard InChI is InChI=1S/C27H31NO4S/c1-4-30-23-14-19(22-17-33-24-8-6-5-7-21(22)24)13-20-16-28(10-12-31-25(20)23)26(29)18-9-11-32-27(2,3)15-18/h5-8,13-14,17-18H,4,9-12,15-16H2,1-3H3/t18-/m1/s1. The highest BCUT2D eigenvalue weighted by atomic mass is 32.1. The van der Waals surface area contributed by atoms with Crippen LogP contribution in [0, 0.1) is 5.92 Å². The molecule has 2 aliphatic rings. The average molecular weight is 466 g/mol. The quantitative estimate of drug-likeness (QED) is 0.482. The molecule has 3 heterocycles. The first-order valence-corrected chi connectivity index (χ1v) is 12.6. The van der Waals surface area contributed by atoms with E-state index in [1.807, 2.05) is 11.8 Å². The first kappa shape index (κ1) is 22.2. The molecule has 0 N–H and O–H groups in total. The van der Waals surface area contributed by atoms with Crippen molar-refractivity contribution in [2.75, 3.05) is 26.4 Å². The average Bonchev–Trinajstić information content (AvgIpc) is 3.10. The van der Waals surface area contributed by atoms with E-state index in [-0.39, 0.29) is 17.4 Å². The third kappa shape index (κ3) is 4.46. The number of hydrogen-bond donors (Lipinski definition) is 0. The fourth-order valence-corrected chi connectivity index (χ4v) is 5.96. The van der Waals surface area contributed by atoms with Gasteiger partial charge < -0.3 is 19.1 Å². The second-order valence-corrected chi connectivity index (χ2v) is 10.4. The molecule has 5 nitrogen and oxygen atoms in total. The lowest BCUT2D eigenvalue weighted by Gasteiger charge is -2.36. The predicted octanol–water partition coefficient (Wildman–Crippen LogP) is 5.89. The van der Waals surface area contributed by atoms with Crippen molar-refractivity contribution in [2.24, 2.45) is 5.92 Å². The third-order valence-electron chi connectivity index (χ3n) is 6.55. The number of rotatable bonds is 4. The van der Waals surface area contributed by atoms with E-state index < -0.39 is 0 Å². The molecule has 1 aromatic heterocycles. The van der Waals surface area contributed by atoms with Crippen LogP contribution in [-0.2, 0) is 16.1 Å². The maximum absolute atomic E-state index is 13.5. The summed E-state index contributed by atoms with van der Waals surface area (Å²) in [5, 5.41) is 3.43. The summed E-state index contributed by atoms with van der Waals surface area (Å²) in [5.74, 6) is 1.71. The van der Waals surface area contributed by atoms with Gasteiger partial charge in [0.05, 0.1) is 18.8 Å². The molecular formula is C27H31NO4S. The number of carbonyl (C=O) groups excluding carboxylic acids is 1. The van der Waals surface area contributed by atoms with Crippen molar-refractivity contribution in [1.29, 1.82) is 0 Å². The molecule has 1 saturated heterocycles. The third-order valence-corrected chi connectivity index (χ3v) is 7.51. The summed E-state index contributed by atoms with van der Waals surface area (Å²) in [6, 6.07) is 12.7. The van der Waals surface area contributed by atoms with E-state index in [4.69, 9.17) is 14.2 Å². The van der Waals surface area contributed by atoms with Crippen LogP contribution in [0.3, 0.4) is 0 Å². The van der Waals surface area contributed by atoms with Crippen LogP contribution >= 0.6 is 11.3 Å². The Morgan fingerprint density at radius 2 is 2.09 bits per heavy atom. The van der Waals surface area contributed by atoms with E-state index >= 15 is 0 Å². The van der Waals surface area contributed by atoms with E-state index in [1.165, 1.54) is 15.6 Å². The van der Waals surface area contributed by atoms with Crippen LogP contribution in [0.2, 0.25) is 0 Å². The lowest BCUT2D eigenvalue weighted by Crippen LogP contribution is -2.43. The number of fused-ring (bicyclic) bond motifs is 2. The number of ether oxygens (including phenoxy) is 3. The molecule has 1 fully saturated rings. The summed E-state index contributed by atoms with van der Waals surface area (Å²) in [5.41, 5.74) is 3.03. The van der Waals surface area contributed by atoms with Crippen molar-refractivity contribution in [3.8, 4) is 22.6 Å². The van der Waals surface area contributed by atoms with Gasteiger partial charge in [-0.3, -0.25) is 4.79 Å². The number of benzene rings is 2. The molecule has 5 rings (SSSR count). The Morgan fingerprint density at radius 1 is 1.24 bits per heavy atom. The molecule has 33 heavy (non-hydrogen) atoms. The highest BCUT2D eigenvalue weighted by molar-refractivity contribution is 7.17. The molecule has 0 unspecified atom stereocenters. The van der Waals surface area contributed by atoms with Gasteiger partial charge >= 0.3 is 0 Å². The zero-order valence-corrected chi connectivity index (χ0v) is 20.4. The monoisotopic (exact) mass is 465 g/mol. The van der Waals surface area contributed by atoms with Gasteiger partial charge in [0, 0.05) is 40.3 Å². The Morgan fingerprint density at radius 3 is 2.91 bits per heavy atom. The fraction of sp³-hybridized carbons (Fsp3) is 0.444. The van der Waals surface area contributed by atoms with Gasteiger partial charge in [0.1, 0.15) is 6.61 Å². The van der Waals surface area contributed by atoms with Crippen LogP contribution in [0.15, 0.2) is 41.8 Å². The Kier molecular flexibility index (Phi) is 6.06. The lowest BCUT2D eigenvalue weighted by atomic mass is 9.87. The van der Waals surface area contributed by atoms with Gasteiger partial charge in [-0.25, -0.2) is 0 Å². The second kappa shape index (κ2) is 8.99. The molecular weight excluding hydrogens is 434 g/mol. The molecule has 0 radical (unpaired) electrons. The van der Waals surface area contributed by atoms with Gasteiger partial charge in [-0.1, -0.05) is 18.2 Å². The lowest BCUT2D eigenvalue weighted by molar-refractivity contribution is -0.146. The Bertz CT molecular complexity index is 1170.